The van der Waals surface area contributed by atoms with Crippen molar-refractivity contribution in [3.63, 3.8) is 0 Å². The molecule has 0 aliphatic carbocycles. The minimum absolute atomic E-state index is 0.628. The van der Waals surface area contributed by atoms with Gasteiger partial charge in [-0.1, -0.05) is 23.2 Å². The number of benzene rings is 1. The average Bonchev–Trinajstić information content (AvgIpc) is 2.52. The van der Waals surface area contributed by atoms with Crippen LogP contribution in [0, 0.1) is 0 Å². The molecule has 1 heterocycles. The number of thiocarbonyl (C=S) groups is 1. The van der Waals surface area contributed by atoms with Crippen molar-refractivity contribution in [1.29, 1.82) is 0 Å². The molecule has 5 heteroatoms. The van der Waals surface area contributed by atoms with Crippen molar-refractivity contribution < 1.29 is 0 Å². The molecular formula is C9H8Cl2N2S. The third-order valence-corrected chi connectivity index (χ3v) is 2.96. The quantitative estimate of drug-likeness (QED) is 0.768. The molecule has 0 atom stereocenters. The number of hydrogen-bond acceptors (Lipinski definition) is 1. The average molecular weight is 247 g/mol. The highest BCUT2D eigenvalue weighted by Gasteiger charge is 2.19. The summed E-state index contributed by atoms with van der Waals surface area (Å²) in [6.07, 6.45) is 0. The normalized spacial score (nSPS) is 15.9. The topological polar surface area (TPSA) is 15.3 Å². The van der Waals surface area contributed by atoms with Crippen molar-refractivity contribution in [1.82, 2.24) is 5.32 Å². The zero-order chi connectivity index (χ0) is 10.1. The van der Waals surface area contributed by atoms with Crippen LogP contribution in [0.2, 0.25) is 10.0 Å². The molecule has 0 unspecified atom stereocenters. The number of rotatable bonds is 1. The van der Waals surface area contributed by atoms with E-state index < -0.39 is 0 Å². The molecule has 1 aromatic carbocycles. The Morgan fingerprint density at radius 3 is 2.71 bits per heavy atom. The minimum Gasteiger partial charge on any atom is -0.360 e. The van der Waals surface area contributed by atoms with E-state index in [1.807, 2.05) is 17.0 Å². The van der Waals surface area contributed by atoms with Gasteiger partial charge in [0.2, 0.25) is 0 Å². The molecule has 1 N–H and O–H groups in total. The molecule has 74 valence electrons. The lowest BCUT2D eigenvalue weighted by Gasteiger charge is -2.17. The van der Waals surface area contributed by atoms with Gasteiger partial charge in [-0.2, -0.15) is 0 Å². The van der Waals surface area contributed by atoms with Gasteiger partial charge in [0.1, 0.15) is 0 Å². The molecule has 0 aromatic heterocycles. The zero-order valence-corrected chi connectivity index (χ0v) is 9.59. The molecule has 2 nitrogen and oxygen atoms in total. The lowest BCUT2D eigenvalue weighted by atomic mass is 10.3. The maximum atomic E-state index is 6.06. The summed E-state index contributed by atoms with van der Waals surface area (Å²) in [5.74, 6) is 0. The number of nitrogens with one attached hydrogen (secondary N) is 1. The van der Waals surface area contributed by atoms with Crippen LogP contribution < -0.4 is 10.2 Å². The predicted molar refractivity (Wildman–Crippen MR) is 64.4 cm³/mol. The Kier molecular flexibility index (Phi) is 2.81. The van der Waals surface area contributed by atoms with E-state index in [0.29, 0.717) is 15.2 Å². The number of nitrogens with zero attached hydrogens (tertiary/aromatic N) is 1. The fraction of sp³-hybridized carbons (Fsp3) is 0.222. The molecule has 0 saturated carbocycles. The fourth-order valence-electron chi connectivity index (χ4n) is 1.40. The van der Waals surface area contributed by atoms with Crippen LogP contribution in [0.3, 0.4) is 0 Å². The number of anilines is 1. The second kappa shape index (κ2) is 3.93. The standard InChI is InChI=1S/C9H8Cl2N2S/c10-6-1-2-8(7(11)5-6)13-4-3-12-9(13)14/h1-2,5H,3-4H2,(H,12,14). The van der Waals surface area contributed by atoms with Crippen LogP contribution >= 0.6 is 35.4 Å². The SMILES string of the molecule is S=C1NCCN1c1ccc(Cl)cc1Cl. The summed E-state index contributed by atoms with van der Waals surface area (Å²) >= 11 is 17.0. The summed E-state index contributed by atoms with van der Waals surface area (Å²) in [4.78, 5) is 1.97. The largest absolute Gasteiger partial charge is 0.360 e. The molecule has 2 rings (SSSR count). The van der Waals surface area contributed by atoms with E-state index in [1.165, 1.54) is 0 Å². The fourth-order valence-corrected chi connectivity index (χ4v) is 2.20. The maximum Gasteiger partial charge on any atom is 0.173 e. The Bertz CT molecular complexity index is 381. The summed E-state index contributed by atoms with van der Waals surface area (Å²) in [6, 6.07) is 5.41. The molecule has 0 bridgehead atoms. The Morgan fingerprint density at radius 2 is 2.14 bits per heavy atom. The van der Waals surface area contributed by atoms with E-state index >= 15 is 0 Å². The third kappa shape index (κ3) is 1.80. The lowest BCUT2D eigenvalue weighted by molar-refractivity contribution is 0.975. The maximum absolute atomic E-state index is 6.06. The van der Waals surface area contributed by atoms with Gasteiger partial charge < -0.3 is 10.2 Å². The first-order valence-electron chi connectivity index (χ1n) is 4.19. The zero-order valence-electron chi connectivity index (χ0n) is 7.26. The van der Waals surface area contributed by atoms with Crippen LogP contribution in [0.1, 0.15) is 0 Å². The second-order valence-electron chi connectivity index (χ2n) is 2.98. The first kappa shape index (κ1) is 10.0. The molecule has 0 amide bonds. The molecule has 1 fully saturated rings. The first-order valence-corrected chi connectivity index (χ1v) is 5.35. The Labute approximate surface area is 97.8 Å². The van der Waals surface area contributed by atoms with Gasteiger partial charge in [-0.25, -0.2) is 0 Å². The molecule has 0 radical (unpaired) electrons. The Morgan fingerprint density at radius 1 is 1.36 bits per heavy atom. The minimum atomic E-state index is 0.628. The molecule has 1 aliphatic heterocycles. The van der Waals surface area contributed by atoms with E-state index in [4.69, 9.17) is 35.4 Å². The van der Waals surface area contributed by atoms with Crippen molar-refractivity contribution in [2.75, 3.05) is 18.0 Å². The van der Waals surface area contributed by atoms with Crippen LogP contribution in [0.4, 0.5) is 5.69 Å². The van der Waals surface area contributed by atoms with Gasteiger partial charge in [-0.3, -0.25) is 0 Å². The van der Waals surface area contributed by atoms with Crippen LogP contribution in [-0.2, 0) is 0 Å². The molecule has 1 aromatic rings. The van der Waals surface area contributed by atoms with Gasteiger partial charge in [0.05, 0.1) is 10.7 Å². The van der Waals surface area contributed by atoms with Gasteiger partial charge in [-0.15, -0.1) is 0 Å². The van der Waals surface area contributed by atoms with Gasteiger partial charge in [-0.05, 0) is 30.4 Å². The van der Waals surface area contributed by atoms with Crippen LogP contribution in [0.25, 0.3) is 0 Å². The second-order valence-corrected chi connectivity index (χ2v) is 4.21. The van der Waals surface area contributed by atoms with Crippen LogP contribution in [0.15, 0.2) is 18.2 Å². The van der Waals surface area contributed by atoms with Crippen molar-refractivity contribution in [2.24, 2.45) is 0 Å². The summed E-state index contributed by atoms with van der Waals surface area (Å²) in [5, 5.41) is 5.06. The summed E-state index contributed by atoms with van der Waals surface area (Å²) in [7, 11) is 0. The van der Waals surface area contributed by atoms with Crippen molar-refractivity contribution in [3.8, 4) is 0 Å². The summed E-state index contributed by atoms with van der Waals surface area (Å²) < 4.78 is 0. The van der Waals surface area contributed by atoms with Gasteiger partial charge in [0, 0.05) is 18.1 Å². The highest BCUT2D eigenvalue weighted by atomic mass is 35.5. The summed E-state index contributed by atoms with van der Waals surface area (Å²) in [5.41, 5.74) is 0.908. The predicted octanol–water partition coefficient (Wildman–Crippen LogP) is 2.69. The molecule has 14 heavy (non-hydrogen) atoms. The smallest absolute Gasteiger partial charge is 0.173 e. The Hall–Kier alpha value is -0.510. The highest BCUT2D eigenvalue weighted by molar-refractivity contribution is 7.80. The van der Waals surface area contributed by atoms with Crippen molar-refractivity contribution in [2.45, 2.75) is 0 Å². The third-order valence-electron chi connectivity index (χ3n) is 2.06. The number of hydrogen-bond donors (Lipinski definition) is 1. The van der Waals surface area contributed by atoms with Gasteiger partial charge in [0.25, 0.3) is 0 Å². The van der Waals surface area contributed by atoms with E-state index in [9.17, 15) is 0 Å². The van der Waals surface area contributed by atoms with E-state index in [2.05, 4.69) is 5.32 Å². The van der Waals surface area contributed by atoms with Gasteiger partial charge in [0.15, 0.2) is 5.11 Å². The summed E-state index contributed by atoms with van der Waals surface area (Å²) in [6.45, 7) is 1.71. The van der Waals surface area contributed by atoms with E-state index in [0.717, 1.165) is 18.8 Å². The van der Waals surface area contributed by atoms with Gasteiger partial charge >= 0.3 is 0 Å². The number of halogens is 2. The van der Waals surface area contributed by atoms with Crippen LogP contribution in [-0.4, -0.2) is 18.2 Å². The first-order chi connectivity index (χ1) is 6.68. The van der Waals surface area contributed by atoms with Crippen molar-refractivity contribution in [3.05, 3.63) is 28.2 Å². The van der Waals surface area contributed by atoms with E-state index in [-0.39, 0.29) is 0 Å². The molecular weight excluding hydrogens is 239 g/mol. The van der Waals surface area contributed by atoms with Crippen molar-refractivity contribution >= 4 is 46.2 Å². The molecule has 0 spiro atoms. The monoisotopic (exact) mass is 246 g/mol. The lowest BCUT2D eigenvalue weighted by Crippen LogP contribution is -2.27. The molecule has 1 aliphatic rings. The van der Waals surface area contributed by atoms with E-state index in [1.54, 1.807) is 6.07 Å². The molecule has 1 saturated heterocycles. The van der Waals surface area contributed by atoms with Crippen LogP contribution in [0.5, 0.6) is 0 Å². The Balaban J connectivity index is 2.36. The highest BCUT2D eigenvalue weighted by Crippen LogP contribution is 2.29.